The Kier molecular flexibility index (Phi) is 2.04. The molecule has 0 radical (unpaired) electrons. The highest BCUT2D eigenvalue weighted by Gasteiger charge is 2.30. The van der Waals surface area contributed by atoms with Crippen LogP contribution in [0.1, 0.15) is 40.0 Å². The summed E-state index contributed by atoms with van der Waals surface area (Å²) >= 11 is 0. The number of rotatable bonds is 0. The van der Waals surface area contributed by atoms with E-state index in [9.17, 15) is 5.11 Å². The molecule has 1 aliphatic carbocycles. The second kappa shape index (κ2) is 2.54. The summed E-state index contributed by atoms with van der Waals surface area (Å²) in [7, 11) is 0. The Morgan fingerprint density at radius 2 is 2.00 bits per heavy atom. The van der Waals surface area contributed by atoms with Crippen molar-refractivity contribution in [1.29, 1.82) is 0 Å². The molecule has 2 unspecified atom stereocenters. The summed E-state index contributed by atoms with van der Waals surface area (Å²) in [6, 6.07) is 0. The molecule has 0 heterocycles. The standard InChI is InChI=1S/C9H18O/c1-7-4-5-9(2,3)6-8(7)10/h7-8,10H,4-6H2,1-3H3. The quantitative estimate of drug-likeness (QED) is 0.549. The van der Waals surface area contributed by atoms with Crippen LogP contribution in [0.3, 0.4) is 0 Å². The van der Waals surface area contributed by atoms with Gasteiger partial charge in [0, 0.05) is 0 Å². The molecule has 1 N–H and O–H groups in total. The van der Waals surface area contributed by atoms with Gasteiger partial charge in [0.15, 0.2) is 0 Å². The molecule has 10 heavy (non-hydrogen) atoms. The number of hydrogen-bond donors (Lipinski definition) is 1. The van der Waals surface area contributed by atoms with E-state index >= 15 is 0 Å². The number of aliphatic hydroxyl groups excluding tert-OH is 1. The normalized spacial score (nSPS) is 39.6. The van der Waals surface area contributed by atoms with Crippen molar-refractivity contribution in [2.24, 2.45) is 11.3 Å². The lowest BCUT2D eigenvalue weighted by Crippen LogP contribution is -2.32. The molecule has 1 fully saturated rings. The van der Waals surface area contributed by atoms with Crippen LogP contribution in [-0.2, 0) is 0 Å². The minimum Gasteiger partial charge on any atom is -0.393 e. The molecule has 1 saturated carbocycles. The predicted molar refractivity (Wildman–Crippen MR) is 42.8 cm³/mol. The largest absolute Gasteiger partial charge is 0.393 e. The van der Waals surface area contributed by atoms with Crippen LogP contribution in [0.4, 0.5) is 0 Å². The lowest BCUT2D eigenvalue weighted by molar-refractivity contribution is 0.0233. The first-order chi connectivity index (χ1) is 4.51. The van der Waals surface area contributed by atoms with Crippen LogP contribution in [0.5, 0.6) is 0 Å². The van der Waals surface area contributed by atoms with Crippen molar-refractivity contribution in [3.05, 3.63) is 0 Å². The molecule has 60 valence electrons. The van der Waals surface area contributed by atoms with E-state index in [2.05, 4.69) is 20.8 Å². The molecule has 0 spiro atoms. The summed E-state index contributed by atoms with van der Waals surface area (Å²) in [6.45, 7) is 6.62. The molecule has 0 amide bonds. The topological polar surface area (TPSA) is 20.2 Å². The smallest absolute Gasteiger partial charge is 0.0570 e. The van der Waals surface area contributed by atoms with Gasteiger partial charge in [-0.25, -0.2) is 0 Å². The lowest BCUT2D eigenvalue weighted by atomic mass is 9.72. The summed E-state index contributed by atoms with van der Waals surface area (Å²) in [6.07, 6.45) is 3.39. The van der Waals surface area contributed by atoms with Gasteiger partial charge in [0.2, 0.25) is 0 Å². The molecule has 1 nitrogen and oxygen atoms in total. The third kappa shape index (κ3) is 1.72. The van der Waals surface area contributed by atoms with Gasteiger partial charge in [0.05, 0.1) is 6.10 Å². The first kappa shape index (κ1) is 8.06. The summed E-state index contributed by atoms with van der Waals surface area (Å²) < 4.78 is 0. The Hall–Kier alpha value is -0.0400. The maximum absolute atomic E-state index is 9.51. The highest BCUT2D eigenvalue weighted by Crippen LogP contribution is 2.37. The molecule has 1 rings (SSSR count). The number of hydrogen-bond acceptors (Lipinski definition) is 1. The molecule has 0 saturated heterocycles. The third-order valence-electron chi connectivity index (χ3n) is 2.70. The highest BCUT2D eigenvalue weighted by molar-refractivity contribution is 4.82. The van der Waals surface area contributed by atoms with Crippen LogP contribution < -0.4 is 0 Å². The van der Waals surface area contributed by atoms with Gasteiger partial charge < -0.3 is 5.11 Å². The fourth-order valence-corrected chi connectivity index (χ4v) is 1.68. The third-order valence-corrected chi connectivity index (χ3v) is 2.70. The van der Waals surface area contributed by atoms with Gasteiger partial charge in [-0.2, -0.15) is 0 Å². The summed E-state index contributed by atoms with van der Waals surface area (Å²) in [5.41, 5.74) is 0.381. The van der Waals surface area contributed by atoms with E-state index < -0.39 is 0 Å². The van der Waals surface area contributed by atoms with Crippen molar-refractivity contribution in [3.8, 4) is 0 Å². The Balaban J connectivity index is 2.49. The van der Waals surface area contributed by atoms with E-state index in [0.29, 0.717) is 11.3 Å². The monoisotopic (exact) mass is 142 g/mol. The van der Waals surface area contributed by atoms with Crippen molar-refractivity contribution in [1.82, 2.24) is 0 Å². The van der Waals surface area contributed by atoms with Crippen LogP contribution in [0, 0.1) is 11.3 Å². The second-order valence-corrected chi connectivity index (χ2v) is 4.45. The van der Waals surface area contributed by atoms with Gasteiger partial charge >= 0.3 is 0 Å². The Morgan fingerprint density at radius 1 is 1.40 bits per heavy atom. The van der Waals surface area contributed by atoms with Gasteiger partial charge in [-0.15, -0.1) is 0 Å². The molecule has 1 aliphatic rings. The molecule has 0 bridgehead atoms. The zero-order valence-electron chi connectivity index (χ0n) is 7.22. The van der Waals surface area contributed by atoms with E-state index in [1.165, 1.54) is 12.8 Å². The van der Waals surface area contributed by atoms with Crippen molar-refractivity contribution in [3.63, 3.8) is 0 Å². The van der Waals surface area contributed by atoms with Crippen LogP contribution in [0.2, 0.25) is 0 Å². The molecular weight excluding hydrogens is 124 g/mol. The van der Waals surface area contributed by atoms with Crippen LogP contribution in [-0.4, -0.2) is 11.2 Å². The summed E-state index contributed by atoms with van der Waals surface area (Å²) in [5, 5.41) is 9.51. The maximum atomic E-state index is 9.51. The zero-order chi connectivity index (χ0) is 7.78. The van der Waals surface area contributed by atoms with E-state index in [1.807, 2.05) is 0 Å². The van der Waals surface area contributed by atoms with E-state index in [-0.39, 0.29) is 6.10 Å². The predicted octanol–water partition coefficient (Wildman–Crippen LogP) is 2.19. The van der Waals surface area contributed by atoms with Crippen molar-refractivity contribution in [2.75, 3.05) is 0 Å². The maximum Gasteiger partial charge on any atom is 0.0570 e. The second-order valence-electron chi connectivity index (χ2n) is 4.45. The van der Waals surface area contributed by atoms with Gasteiger partial charge in [0.1, 0.15) is 0 Å². The molecule has 0 aliphatic heterocycles. The molecule has 0 aromatic heterocycles. The minimum atomic E-state index is -0.0521. The van der Waals surface area contributed by atoms with E-state index in [0.717, 1.165) is 6.42 Å². The zero-order valence-corrected chi connectivity index (χ0v) is 7.22. The Morgan fingerprint density at radius 3 is 2.40 bits per heavy atom. The van der Waals surface area contributed by atoms with Crippen molar-refractivity contribution < 1.29 is 5.11 Å². The SMILES string of the molecule is CC1CCC(C)(C)CC1O. The van der Waals surface area contributed by atoms with Gasteiger partial charge in [0.25, 0.3) is 0 Å². The average Bonchev–Trinajstić information content (AvgIpc) is 1.79. The van der Waals surface area contributed by atoms with Crippen molar-refractivity contribution >= 4 is 0 Å². The van der Waals surface area contributed by atoms with Crippen LogP contribution in [0.25, 0.3) is 0 Å². The molecule has 1 heteroatoms. The fraction of sp³-hybridized carbons (Fsp3) is 1.00. The van der Waals surface area contributed by atoms with Crippen LogP contribution >= 0.6 is 0 Å². The lowest BCUT2D eigenvalue weighted by Gasteiger charge is -2.36. The Labute approximate surface area is 63.4 Å². The van der Waals surface area contributed by atoms with E-state index in [4.69, 9.17) is 0 Å². The molecular formula is C9H18O. The Bertz CT molecular complexity index is 118. The average molecular weight is 142 g/mol. The van der Waals surface area contributed by atoms with Crippen molar-refractivity contribution in [2.45, 2.75) is 46.1 Å². The van der Waals surface area contributed by atoms with Gasteiger partial charge in [-0.05, 0) is 30.6 Å². The van der Waals surface area contributed by atoms with E-state index in [1.54, 1.807) is 0 Å². The first-order valence-corrected chi connectivity index (χ1v) is 4.19. The molecule has 2 atom stereocenters. The number of aliphatic hydroxyl groups is 1. The minimum absolute atomic E-state index is 0.0521. The highest BCUT2D eigenvalue weighted by atomic mass is 16.3. The summed E-state index contributed by atoms with van der Waals surface area (Å²) in [4.78, 5) is 0. The van der Waals surface area contributed by atoms with Gasteiger partial charge in [-0.3, -0.25) is 0 Å². The van der Waals surface area contributed by atoms with Crippen LogP contribution in [0.15, 0.2) is 0 Å². The van der Waals surface area contributed by atoms with Gasteiger partial charge in [-0.1, -0.05) is 20.8 Å². The fourth-order valence-electron chi connectivity index (χ4n) is 1.68. The molecule has 0 aromatic carbocycles. The first-order valence-electron chi connectivity index (χ1n) is 4.19. The summed E-state index contributed by atoms with van der Waals surface area (Å²) in [5.74, 6) is 0.521. The molecule has 0 aromatic rings.